The number of aliphatic hydroxyl groups is 1. The zero-order valence-corrected chi connectivity index (χ0v) is 14.0. The fraction of sp³-hybridized carbons (Fsp3) is 0.562. The number of carbonyl (C=O) groups excluding carboxylic acids is 1. The maximum absolute atomic E-state index is 12.4. The number of carbonyl (C=O) groups is 1. The van der Waals surface area contributed by atoms with Crippen molar-refractivity contribution < 1.29 is 9.90 Å². The Labute approximate surface area is 138 Å². The first kappa shape index (κ1) is 16.1. The van der Waals surface area contributed by atoms with Gasteiger partial charge in [0, 0.05) is 31.3 Å². The zero-order valence-electron chi connectivity index (χ0n) is 13.2. The third kappa shape index (κ3) is 3.30. The van der Waals surface area contributed by atoms with Gasteiger partial charge in [0.25, 0.3) is 5.56 Å². The van der Waals surface area contributed by atoms with Crippen molar-refractivity contribution in [1.29, 1.82) is 0 Å². The lowest BCUT2D eigenvalue weighted by molar-refractivity contribution is -0.130. The molecule has 0 radical (unpaired) electrons. The van der Waals surface area contributed by atoms with E-state index in [0.717, 1.165) is 29.5 Å². The lowest BCUT2D eigenvalue weighted by Gasteiger charge is -2.15. The number of hydrogen-bond donors (Lipinski definition) is 2. The number of hydrogen-bond acceptors (Lipinski definition) is 5. The van der Waals surface area contributed by atoms with Crippen LogP contribution in [0.15, 0.2) is 4.79 Å². The fourth-order valence-corrected chi connectivity index (χ4v) is 4.30. The Hall–Kier alpha value is -1.73. The molecule has 0 saturated carbocycles. The van der Waals surface area contributed by atoms with Crippen LogP contribution in [0, 0.1) is 0 Å². The quantitative estimate of drug-likeness (QED) is 0.861. The van der Waals surface area contributed by atoms with Gasteiger partial charge in [-0.3, -0.25) is 9.59 Å². The Kier molecular flexibility index (Phi) is 4.77. The van der Waals surface area contributed by atoms with E-state index in [4.69, 9.17) is 5.11 Å². The Balaban J connectivity index is 1.80. The molecule has 0 fully saturated rings. The Morgan fingerprint density at radius 1 is 1.39 bits per heavy atom. The smallest absolute Gasteiger partial charge is 0.259 e. The highest BCUT2D eigenvalue weighted by molar-refractivity contribution is 7.18. The average Bonchev–Trinajstić information content (AvgIpc) is 2.91. The first-order valence-electron chi connectivity index (χ1n) is 7.98. The number of aliphatic hydroxyl groups excluding tert-OH is 1. The number of nitrogens with one attached hydrogen (secondary N) is 1. The minimum absolute atomic E-state index is 0.0516. The second-order valence-electron chi connectivity index (χ2n) is 5.94. The van der Waals surface area contributed by atoms with E-state index in [-0.39, 0.29) is 24.5 Å². The number of aromatic amines is 1. The highest BCUT2D eigenvalue weighted by atomic mass is 32.1. The molecular formula is C16H21N3O3S. The fourth-order valence-electron chi connectivity index (χ4n) is 3.02. The lowest BCUT2D eigenvalue weighted by atomic mass is 9.97. The van der Waals surface area contributed by atoms with E-state index >= 15 is 0 Å². The van der Waals surface area contributed by atoms with Crippen molar-refractivity contribution in [2.24, 2.45) is 0 Å². The van der Waals surface area contributed by atoms with Gasteiger partial charge >= 0.3 is 0 Å². The molecule has 6 nitrogen and oxygen atoms in total. The van der Waals surface area contributed by atoms with Gasteiger partial charge in [0.1, 0.15) is 10.7 Å². The van der Waals surface area contributed by atoms with Crippen molar-refractivity contribution in [3.8, 4) is 0 Å². The molecule has 2 N–H and O–H groups in total. The second-order valence-corrected chi connectivity index (χ2v) is 7.03. The second kappa shape index (κ2) is 6.80. The topological polar surface area (TPSA) is 86.3 Å². The van der Waals surface area contributed by atoms with E-state index in [1.54, 1.807) is 18.4 Å². The van der Waals surface area contributed by atoms with Crippen molar-refractivity contribution in [3.63, 3.8) is 0 Å². The third-order valence-electron chi connectivity index (χ3n) is 4.31. The van der Waals surface area contributed by atoms with Crippen molar-refractivity contribution >= 4 is 27.5 Å². The first-order chi connectivity index (χ1) is 11.1. The molecule has 124 valence electrons. The Morgan fingerprint density at radius 3 is 2.96 bits per heavy atom. The molecule has 1 aliphatic rings. The predicted octanol–water partition coefficient (Wildman–Crippen LogP) is 1.25. The molecule has 2 aromatic heterocycles. The standard InChI is InChI=1S/C16H21N3O3S/c1-19(8-9-20)13(21)7-6-12-17-15(22)14-10-4-2-3-5-11(10)23-16(14)18-12/h20H,2-9H2,1H3,(H,17,18,22). The molecule has 2 heterocycles. The number of likely N-dealkylation sites (N-methyl/N-ethyl adjacent to an activating group) is 1. The maximum Gasteiger partial charge on any atom is 0.259 e. The number of fused-ring (bicyclic) bond motifs is 3. The van der Waals surface area contributed by atoms with Gasteiger partial charge in [0.05, 0.1) is 12.0 Å². The van der Waals surface area contributed by atoms with Crippen LogP contribution < -0.4 is 5.56 Å². The molecule has 0 unspecified atom stereocenters. The van der Waals surface area contributed by atoms with Gasteiger partial charge in [-0.15, -0.1) is 11.3 Å². The van der Waals surface area contributed by atoms with E-state index in [9.17, 15) is 9.59 Å². The molecule has 1 aliphatic carbocycles. The van der Waals surface area contributed by atoms with Gasteiger partial charge in [0.2, 0.25) is 5.91 Å². The molecule has 0 aliphatic heterocycles. The summed E-state index contributed by atoms with van der Waals surface area (Å²) in [4.78, 5) is 35.3. The summed E-state index contributed by atoms with van der Waals surface area (Å²) in [6.45, 7) is 0.267. The maximum atomic E-state index is 12.4. The zero-order chi connectivity index (χ0) is 16.4. The van der Waals surface area contributed by atoms with Gasteiger partial charge in [-0.1, -0.05) is 0 Å². The van der Waals surface area contributed by atoms with Gasteiger partial charge in [0.15, 0.2) is 0 Å². The molecule has 23 heavy (non-hydrogen) atoms. The molecule has 0 aromatic carbocycles. The summed E-state index contributed by atoms with van der Waals surface area (Å²) < 4.78 is 0. The van der Waals surface area contributed by atoms with Gasteiger partial charge < -0.3 is 15.0 Å². The predicted molar refractivity (Wildman–Crippen MR) is 89.9 cm³/mol. The van der Waals surface area contributed by atoms with Crippen molar-refractivity contribution in [1.82, 2.24) is 14.9 Å². The molecule has 3 rings (SSSR count). The number of amides is 1. The summed E-state index contributed by atoms with van der Waals surface area (Å²) >= 11 is 1.62. The first-order valence-corrected chi connectivity index (χ1v) is 8.80. The lowest BCUT2D eigenvalue weighted by Crippen LogP contribution is -2.29. The number of aromatic nitrogens is 2. The van der Waals surface area contributed by atoms with Crippen molar-refractivity contribution in [2.75, 3.05) is 20.2 Å². The van der Waals surface area contributed by atoms with E-state index in [1.807, 2.05) is 0 Å². The van der Waals surface area contributed by atoms with E-state index < -0.39 is 0 Å². The number of thiophene rings is 1. The van der Waals surface area contributed by atoms with Crippen LogP contribution in [0.5, 0.6) is 0 Å². The molecular weight excluding hydrogens is 314 g/mol. The van der Waals surface area contributed by atoms with Crippen LogP contribution in [0.3, 0.4) is 0 Å². The van der Waals surface area contributed by atoms with Crippen molar-refractivity contribution in [2.45, 2.75) is 38.5 Å². The van der Waals surface area contributed by atoms with Crippen LogP contribution in [0.4, 0.5) is 0 Å². The Morgan fingerprint density at radius 2 is 2.17 bits per heavy atom. The summed E-state index contributed by atoms with van der Waals surface area (Å²) in [5.41, 5.74) is 1.09. The van der Waals surface area contributed by atoms with E-state index in [2.05, 4.69) is 9.97 Å². The number of nitrogens with zero attached hydrogens (tertiary/aromatic N) is 2. The number of H-pyrrole nitrogens is 1. The van der Waals surface area contributed by atoms with Crippen LogP contribution >= 0.6 is 11.3 Å². The van der Waals surface area contributed by atoms with Crippen molar-refractivity contribution in [3.05, 3.63) is 26.6 Å². The summed E-state index contributed by atoms with van der Waals surface area (Å²) in [7, 11) is 1.66. The monoisotopic (exact) mass is 335 g/mol. The van der Waals surface area contributed by atoms with Crippen LogP contribution in [-0.4, -0.2) is 46.1 Å². The third-order valence-corrected chi connectivity index (χ3v) is 5.50. The van der Waals surface area contributed by atoms with E-state index in [1.165, 1.54) is 21.8 Å². The molecule has 0 spiro atoms. The molecule has 0 atom stereocenters. The summed E-state index contributed by atoms with van der Waals surface area (Å²) in [5, 5.41) is 9.60. The highest BCUT2D eigenvalue weighted by Crippen LogP contribution is 2.33. The minimum Gasteiger partial charge on any atom is -0.395 e. The Bertz CT molecular complexity index is 781. The van der Waals surface area contributed by atoms with Crippen LogP contribution in [0.1, 0.15) is 35.5 Å². The molecule has 0 bridgehead atoms. The van der Waals surface area contributed by atoms with Gasteiger partial charge in [-0.2, -0.15) is 0 Å². The number of aryl methyl sites for hydroxylation is 3. The van der Waals surface area contributed by atoms with E-state index in [0.29, 0.717) is 18.8 Å². The number of rotatable bonds is 5. The largest absolute Gasteiger partial charge is 0.395 e. The summed E-state index contributed by atoms with van der Waals surface area (Å²) in [6.07, 6.45) is 4.99. The SMILES string of the molecule is CN(CCO)C(=O)CCc1nc2sc3c(c2c(=O)[nH]1)CCCC3. The van der Waals surface area contributed by atoms with Gasteiger partial charge in [-0.05, 0) is 31.2 Å². The highest BCUT2D eigenvalue weighted by Gasteiger charge is 2.20. The molecule has 2 aromatic rings. The molecule has 0 saturated heterocycles. The minimum atomic E-state index is -0.0828. The summed E-state index contributed by atoms with van der Waals surface area (Å²) in [6, 6.07) is 0. The average molecular weight is 335 g/mol. The molecule has 1 amide bonds. The van der Waals surface area contributed by atoms with Crippen LogP contribution in [-0.2, 0) is 24.1 Å². The molecule has 7 heteroatoms. The summed E-state index contributed by atoms with van der Waals surface area (Å²) in [5.74, 6) is 0.499. The van der Waals surface area contributed by atoms with Gasteiger partial charge in [-0.25, -0.2) is 4.98 Å². The van der Waals surface area contributed by atoms with Crippen LogP contribution in [0.25, 0.3) is 10.2 Å². The normalized spacial score (nSPS) is 14.0. The van der Waals surface area contributed by atoms with Crippen LogP contribution in [0.2, 0.25) is 0 Å².